The first-order chi connectivity index (χ1) is 14.5. The average molecular weight is 425 g/mol. The number of nitrogens with zero attached hydrogens (tertiary/aromatic N) is 2. The predicted molar refractivity (Wildman–Crippen MR) is 117 cm³/mol. The SMILES string of the molecule is O=C(Nc1cc(-c2ccc(CN3CCS(=O)(=O)CC3)cc2)c2cc[nH]c2n1)C1CC1. The molecule has 0 bridgehead atoms. The van der Waals surface area contributed by atoms with Gasteiger partial charge in [0.2, 0.25) is 5.91 Å². The number of sulfone groups is 1. The van der Waals surface area contributed by atoms with Crippen molar-refractivity contribution in [3.63, 3.8) is 0 Å². The second-order valence-electron chi connectivity index (χ2n) is 8.18. The van der Waals surface area contributed by atoms with Gasteiger partial charge >= 0.3 is 0 Å². The maximum Gasteiger partial charge on any atom is 0.228 e. The largest absolute Gasteiger partial charge is 0.346 e. The molecular weight excluding hydrogens is 400 g/mol. The van der Waals surface area contributed by atoms with Gasteiger partial charge in [0, 0.05) is 37.1 Å². The molecule has 3 aromatic rings. The van der Waals surface area contributed by atoms with Gasteiger partial charge in [-0.25, -0.2) is 13.4 Å². The van der Waals surface area contributed by atoms with E-state index in [0.717, 1.165) is 47.1 Å². The third-order valence-electron chi connectivity index (χ3n) is 5.84. The molecule has 0 radical (unpaired) electrons. The zero-order valence-electron chi connectivity index (χ0n) is 16.6. The molecule has 2 fully saturated rings. The van der Waals surface area contributed by atoms with Crippen LogP contribution in [0.15, 0.2) is 42.6 Å². The van der Waals surface area contributed by atoms with Crippen molar-refractivity contribution in [2.45, 2.75) is 19.4 Å². The molecule has 1 aromatic carbocycles. The van der Waals surface area contributed by atoms with Gasteiger partial charge < -0.3 is 10.3 Å². The van der Waals surface area contributed by atoms with E-state index in [0.29, 0.717) is 18.9 Å². The Morgan fingerprint density at radius 3 is 2.57 bits per heavy atom. The van der Waals surface area contributed by atoms with Gasteiger partial charge in [0.15, 0.2) is 9.84 Å². The van der Waals surface area contributed by atoms with Gasteiger partial charge in [0.25, 0.3) is 0 Å². The number of fused-ring (bicyclic) bond motifs is 1. The van der Waals surface area contributed by atoms with E-state index < -0.39 is 9.84 Å². The summed E-state index contributed by atoms with van der Waals surface area (Å²) in [5, 5.41) is 3.95. The molecule has 5 rings (SSSR count). The Morgan fingerprint density at radius 1 is 1.13 bits per heavy atom. The Hall–Kier alpha value is -2.71. The number of amides is 1. The van der Waals surface area contributed by atoms with Crippen LogP contribution in [0.4, 0.5) is 5.82 Å². The van der Waals surface area contributed by atoms with Crippen molar-refractivity contribution in [1.82, 2.24) is 14.9 Å². The number of H-pyrrole nitrogens is 1. The number of aromatic nitrogens is 2. The molecule has 0 spiro atoms. The topological polar surface area (TPSA) is 95.2 Å². The lowest BCUT2D eigenvalue weighted by molar-refractivity contribution is -0.117. The molecule has 1 aliphatic heterocycles. The van der Waals surface area contributed by atoms with Gasteiger partial charge in [-0.2, -0.15) is 0 Å². The molecule has 156 valence electrons. The summed E-state index contributed by atoms with van der Waals surface area (Å²) in [5.74, 6) is 1.21. The Bertz CT molecular complexity index is 1180. The van der Waals surface area contributed by atoms with E-state index >= 15 is 0 Å². The number of aromatic amines is 1. The summed E-state index contributed by atoms with van der Waals surface area (Å²) in [6, 6.07) is 12.2. The molecule has 30 heavy (non-hydrogen) atoms. The zero-order valence-corrected chi connectivity index (χ0v) is 17.4. The second-order valence-corrected chi connectivity index (χ2v) is 10.5. The van der Waals surface area contributed by atoms with Crippen LogP contribution >= 0.6 is 0 Å². The van der Waals surface area contributed by atoms with Crippen molar-refractivity contribution >= 4 is 32.6 Å². The van der Waals surface area contributed by atoms with E-state index in [2.05, 4.69) is 44.5 Å². The van der Waals surface area contributed by atoms with Crippen LogP contribution < -0.4 is 5.32 Å². The highest BCUT2D eigenvalue weighted by atomic mass is 32.2. The molecule has 1 saturated carbocycles. The Morgan fingerprint density at radius 2 is 1.87 bits per heavy atom. The van der Waals surface area contributed by atoms with Crippen molar-refractivity contribution in [2.24, 2.45) is 5.92 Å². The van der Waals surface area contributed by atoms with Crippen molar-refractivity contribution in [1.29, 1.82) is 0 Å². The standard InChI is InChI=1S/C22H24N4O3S/c27-22(17-5-6-17)25-20-13-19(18-7-8-23-21(18)24-20)16-3-1-15(2-4-16)14-26-9-11-30(28,29)12-10-26/h1-4,7-8,13,17H,5-6,9-12,14H2,(H2,23,24,25,27). The average Bonchev–Trinajstić information content (AvgIpc) is 3.48. The number of hydrogen-bond acceptors (Lipinski definition) is 5. The second kappa shape index (κ2) is 7.52. The van der Waals surface area contributed by atoms with Crippen molar-refractivity contribution in [3.05, 3.63) is 48.2 Å². The van der Waals surface area contributed by atoms with E-state index in [4.69, 9.17) is 0 Å². The maximum atomic E-state index is 12.2. The van der Waals surface area contributed by atoms with Gasteiger partial charge in [-0.05, 0) is 41.7 Å². The van der Waals surface area contributed by atoms with Gasteiger partial charge in [-0.1, -0.05) is 24.3 Å². The van der Waals surface area contributed by atoms with Crippen LogP contribution in [0.1, 0.15) is 18.4 Å². The van der Waals surface area contributed by atoms with Crippen LogP contribution in [0.2, 0.25) is 0 Å². The number of carbonyl (C=O) groups is 1. The molecule has 8 heteroatoms. The molecule has 1 saturated heterocycles. The number of anilines is 1. The molecule has 3 heterocycles. The molecule has 1 aliphatic carbocycles. The minimum Gasteiger partial charge on any atom is -0.346 e. The normalized spacial score (nSPS) is 19.1. The monoisotopic (exact) mass is 424 g/mol. The third-order valence-corrected chi connectivity index (χ3v) is 7.45. The van der Waals surface area contributed by atoms with Gasteiger partial charge in [0.1, 0.15) is 11.5 Å². The van der Waals surface area contributed by atoms with Crippen LogP contribution in [0.3, 0.4) is 0 Å². The zero-order chi connectivity index (χ0) is 20.7. The lowest BCUT2D eigenvalue weighted by Gasteiger charge is -2.26. The van der Waals surface area contributed by atoms with Gasteiger partial charge in [0.05, 0.1) is 11.5 Å². The van der Waals surface area contributed by atoms with E-state index in [-0.39, 0.29) is 23.3 Å². The predicted octanol–water partition coefficient (Wildman–Crippen LogP) is 2.81. The first-order valence-electron chi connectivity index (χ1n) is 10.3. The summed E-state index contributed by atoms with van der Waals surface area (Å²) in [7, 11) is -2.86. The van der Waals surface area contributed by atoms with E-state index in [1.807, 2.05) is 18.3 Å². The van der Waals surface area contributed by atoms with Crippen LogP contribution in [0.5, 0.6) is 0 Å². The highest BCUT2D eigenvalue weighted by molar-refractivity contribution is 7.91. The Labute approximate surface area is 175 Å². The summed E-state index contributed by atoms with van der Waals surface area (Å²) >= 11 is 0. The number of carbonyl (C=O) groups excluding carboxylic acids is 1. The number of hydrogen-bond donors (Lipinski definition) is 2. The Balaban J connectivity index is 1.37. The van der Waals surface area contributed by atoms with Gasteiger partial charge in [-0.3, -0.25) is 9.69 Å². The summed E-state index contributed by atoms with van der Waals surface area (Å²) < 4.78 is 23.2. The molecule has 1 amide bonds. The fourth-order valence-electron chi connectivity index (χ4n) is 3.87. The number of benzene rings is 1. The smallest absolute Gasteiger partial charge is 0.228 e. The lowest BCUT2D eigenvalue weighted by Crippen LogP contribution is -2.39. The van der Waals surface area contributed by atoms with Crippen LogP contribution in [-0.4, -0.2) is 53.8 Å². The molecule has 0 atom stereocenters. The van der Waals surface area contributed by atoms with Crippen LogP contribution in [0, 0.1) is 5.92 Å². The quantitative estimate of drug-likeness (QED) is 0.657. The summed E-state index contributed by atoms with van der Waals surface area (Å²) in [6.07, 6.45) is 3.76. The molecule has 0 unspecified atom stereocenters. The lowest BCUT2D eigenvalue weighted by atomic mass is 10.0. The fourth-order valence-corrected chi connectivity index (χ4v) is 5.15. The van der Waals surface area contributed by atoms with Crippen molar-refractivity contribution < 1.29 is 13.2 Å². The minimum absolute atomic E-state index is 0.0400. The molecule has 2 aromatic heterocycles. The molecule has 2 aliphatic rings. The summed E-state index contributed by atoms with van der Waals surface area (Å²) in [6.45, 7) is 1.92. The number of rotatable bonds is 5. The number of nitrogens with one attached hydrogen (secondary N) is 2. The summed E-state index contributed by atoms with van der Waals surface area (Å²) in [4.78, 5) is 22.0. The first-order valence-corrected chi connectivity index (χ1v) is 12.1. The van der Waals surface area contributed by atoms with Crippen molar-refractivity contribution in [3.8, 4) is 11.1 Å². The Kier molecular flexibility index (Phi) is 4.83. The van der Waals surface area contributed by atoms with E-state index in [9.17, 15) is 13.2 Å². The highest BCUT2D eigenvalue weighted by Crippen LogP contribution is 2.33. The number of pyridine rings is 1. The first kappa shape index (κ1) is 19.3. The fraction of sp³-hybridized carbons (Fsp3) is 0.364. The van der Waals surface area contributed by atoms with Crippen molar-refractivity contribution in [2.75, 3.05) is 29.9 Å². The van der Waals surface area contributed by atoms with E-state index in [1.54, 1.807) is 0 Å². The molecular formula is C22H24N4O3S. The van der Waals surface area contributed by atoms with Crippen LogP contribution in [-0.2, 0) is 21.2 Å². The third kappa shape index (κ3) is 4.11. The molecule has 2 N–H and O–H groups in total. The minimum atomic E-state index is -2.86. The highest BCUT2D eigenvalue weighted by Gasteiger charge is 2.30. The van der Waals surface area contributed by atoms with Crippen LogP contribution in [0.25, 0.3) is 22.2 Å². The summed E-state index contributed by atoms with van der Waals surface area (Å²) in [5.41, 5.74) is 3.97. The maximum absolute atomic E-state index is 12.2. The van der Waals surface area contributed by atoms with Gasteiger partial charge in [-0.15, -0.1) is 0 Å². The van der Waals surface area contributed by atoms with E-state index in [1.165, 1.54) is 0 Å². The molecule has 7 nitrogen and oxygen atoms in total.